The Morgan fingerprint density at radius 1 is 1.31 bits per heavy atom. The molecular formula is C19H23N5O4S. The Balaban J connectivity index is 1.20. The highest BCUT2D eigenvalue weighted by molar-refractivity contribution is 7.89. The lowest BCUT2D eigenvalue weighted by Crippen LogP contribution is -2.55. The van der Waals surface area contributed by atoms with Gasteiger partial charge in [0.2, 0.25) is 21.8 Å². The van der Waals surface area contributed by atoms with Crippen molar-refractivity contribution in [1.82, 2.24) is 24.7 Å². The van der Waals surface area contributed by atoms with Crippen LogP contribution in [0.5, 0.6) is 0 Å². The molecule has 29 heavy (non-hydrogen) atoms. The van der Waals surface area contributed by atoms with Gasteiger partial charge in [0.25, 0.3) is 0 Å². The quantitative estimate of drug-likeness (QED) is 0.753. The number of nitrogens with one attached hydrogen (secondary N) is 1. The molecule has 0 bridgehead atoms. The summed E-state index contributed by atoms with van der Waals surface area (Å²) < 4.78 is 32.4. The van der Waals surface area contributed by atoms with Crippen molar-refractivity contribution in [3.05, 3.63) is 36.2 Å². The Morgan fingerprint density at radius 3 is 2.93 bits per heavy atom. The van der Waals surface area contributed by atoms with Crippen molar-refractivity contribution in [2.45, 2.75) is 43.0 Å². The van der Waals surface area contributed by atoms with E-state index < -0.39 is 10.0 Å². The number of aromatic nitrogens is 3. The lowest BCUT2D eigenvalue weighted by molar-refractivity contribution is -0.135. The molecule has 1 N–H and O–H groups in total. The molecule has 0 aromatic carbocycles. The minimum Gasteiger partial charge on any atom is -0.347 e. The van der Waals surface area contributed by atoms with Gasteiger partial charge in [-0.1, -0.05) is 5.16 Å². The number of carbonyl (C=O) groups excluding carboxylic acids is 1. The summed E-state index contributed by atoms with van der Waals surface area (Å²) in [5, 5.41) is 6.83. The van der Waals surface area contributed by atoms with Crippen LogP contribution in [0, 0.1) is 17.8 Å². The summed E-state index contributed by atoms with van der Waals surface area (Å²) in [4.78, 5) is 21.1. The van der Waals surface area contributed by atoms with Crippen LogP contribution in [-0.4, -0.2) is 46.8 Å². The number of rotatable bonds is 6. The van der Waals surface area contributed by atoms with E-state index >= 15 is 0 Å². The van der Waals surface area contributed by atoms with Crippen LogP contribution in [0.2, 0.25) is 0 Å². The third kappa shape index (κ3) is 3.55. The summed E-state index contributed by atoms with van der Waals surface area (Å²) in [6, 6.07) is 3.17. The third-order valence-electron chi connectivity index (χ3n) is 6.29. The molecular weight excluding hydrogens is 394 g/mol. The zero-order chi connectivity index (χ0) is 20.0. The van der Waals surface area contributed by atoms with Gasteiger partial charge in [-0.2, -0.15) is 9.29 Å². The van der Waals surface area contributed by atoms with Gasteiger partial charge in [-0.3, -0.25) is 9.78 Å². The van der Waals surface area contributed by atoms with Crippen LogP contribution in [-0.2, 0) is 21.4 Å². The van der Waals surface area contributed by atoms with E-state index in [4.69, 9.17) is 4.52 Å². The molecule has 1 amide bonds. The topological polar surface area (TPSA) is 118 Å². The molecule has 2 aliphatic carbocycles. The summed E-state index contributed by atoms with van der Waals surface area (Å²) in [5.41, 5.74) is 0. The molecule has 1 aliphatic heterocycles. The molecule has 3 heterocycles. The predicted octanol–water partition coefficient (Wildman–Crippen LogP) is 1.31. The van der Waals surface area contributed by atoms with Crippen LogP contribution in [0.1, 0.15) is 43.3 Å². The van der Waals surface area contributed by atoms with Crippen molar-refractivity contribution in [3.63, 3.8) is 0 Å². The standard InChI is InChI=1S/C19H23N5O4S/c25-19(21-10-17-22-18(23-28-17)12-3-4-12)15-8-13-5-7-24(11-16(13)15)29(26,27)14-2-1-6-20-9-14/h1-2,6,9,12-13,15-16H,3-5,7-8,10-11H2,(H,21,25)/t13-,15-,16-/m1/s1. The van der Waals surface area contributed by atoms with Crippen LogP contribution < -0.4 is 5.32 Å². The molecule has 9 nitrogen and oxygen atoms in total. The number of amides is 1. The van der Waals surface area contributed by atoms with E-state index in [0.29, 0.717) is 30.8 Å². The highest BCUT2D eigenvalue weighted by Gasteiger charge is 2.49. The number of sulfonamides is 1. The lowest BCUT2D eigenvalue weighted by Gasteiger charge is -2.49. The summed E-state index contributed by atoms with van der Waals surface area (Å²) in [6.45, 7) is 1.06. The molecule has 0 unspecified atom stereocenters. The van der Waals surface area contributed by atoms with Crippen LogP contribution in [0.15, 0.2) is 33.9 Å². The molecule has 154 valence electrons. The summed E-state index contributed by atoms with van der Waals surface area (Å²) in [5.74, 6) is 1.74. The minimum atomic E-state index is -3.58. The highest BCUT2D eigenvalue weighted by atomic mass is 32.2. The van der Waals surface area contributed by atoms with Crippen molar-refractivity contribution in [1.29, 1.82) is 0 Å². The van der Waals surface area contributed by atoms with Crippen molar-refractivity contribution >= 4 is 15.9 Å². The average Bonchev–Trinajstić information content (AvgIpc) is 3.46. The first-order chi connectivity index (χ1) is 14.0. The minimum absolute atomic E-state index is 0.0416. The normalized spacial score (nSPS) is 27.1. The Bertz CT molecular complexity index is 1000. The average molecular weight is 417 g/mol. The molecule has 3 aliphatic rings. The second kappa shape index (κ2) is 7.17. The monoisotopic (exact) mass is 417 g/mol. The first kappa shape index (κ1) is 18.7. The van der Waals surface area contributed by atoms with E-state index in [-0.39, 0.29) is 29.2 Å². The van der Waals surface area contributed by atoms with Crippen LogP contribution >= 0.6 is 0 Å². The largest absolute Gasteiger partial charge is 0.347 e. The van der Waals surface area contributed by atoms with E-state index in [1.165, 1.54) is 10.5 Å². The van der Waals surface area contributed by atoms with E-state index in [9.17, 15) is 13.2 Å². The smallest absolute Gasteiger partial charge is 0.246 e. The molecule has 0 spiro atoms. The number of pyridine rings is 1. The zero-order valence-corrected chi connectivity index (χ0v) is 16.7. The molecule has 2 aromatic heterocycles. The predicted molar refractivity (Wildman–Crippen MR) is 101 cm³/mol. The maximum atomic E-state index is 12.9. The van der Waals surface area contributed by atoms with E-state index in [1.54, 1.807) is 18.3 Å². The maximum absolute atomic E-state index is 12.9. The van der Waals surface area contributed by atoms with Gasteiger partial charge in [0, 0.05) is 37.3 Å². The van der Waals surface area contributed by atoms with Crippen molar-refractivity contribution in [2.75, 3.05) is 13.1 Å². The van der Waals surface area contributed by atoms with Crippen LogP contribution in [0.4, 0.5) is 0 Å². The van der Waals surface area contributed by atoms with E-state index in [1.807, 2.05) is 0 Å². The van der Waals surface area contributed by atoms with Gasteiger partial charge in [0.1, 0.15) is 4.90 Å². The van der Waals surface area contributed by atoms with Gasteiger partial charge in [0.05, 0.1) is 6.54 Å². The lowest BCUT2D eigenvalue weighted by atomic mass is 9.61. The molecule has 1 saturated heterocycles. The van der Waals surface area contributed by atoms with E-state index in [2.05, 4.69) is 20.4 Å². The summed E-state index contributed by atoms with van der Waals surface area (Å²) in [6.07, 6.45) is 6.68. The van der Waals surface area contributed by atoms with Crippen molar-refractivity contribution < 1.29 is 17.7 Å². The SMILES string of the molecule is O=C(NCc1nc(C2CC2)no1)[C@@H]1C[C@H]2CCN(S(=O)(=O)c3cccnc3)C[C@H]21. The molecule has 10 heteroatoms. The zero-order valence-electron chi connectivity index (χ0n) is 15.9. The molecule has 3 fully saturated rings. The van der Waals surface area contributed by atoms with Gasteiger partial charge in [-0.25, -0.2) is 8.42 Å². The molecule has 2 saturated carbocycles. The molecule has 2 aromatic rings. The highest BCUT2D eigenvalue weighted by Crippen LogP contribution is 2.46. The van der Waals surface area contributed by atoms with Gasteiger partial charge >= 0.3 is 0 Å². The number of fused-ring (bicyclic) bond motifs is 1. The second-order valence-electron chi connectivity index (χ2n) is 8.14. The Kier molecular flexibility index (Phi) is 4.62. The first-order valence-corrected chi connectivity index (χ1v) is 11.5. The fourth-order valence-electron chi connectivity index (χ4n) is 4.36. The Morgan fingerprint density at radius 2 is 2.17 bits per heavy atom. The number of hydrogen-bond acceptors (Lipinski definition) is 7. The second-order valence-corrected chi connectivity index (χ2v) is 10.1. The fraction of sp³-hybridized carbons (Fsp3) is 0.579. The third-order valence-corrected chi connectivity index (χ3v) is 8.14. The number of piperidine rings is 1. The summed E-state index contributed by atoms with van der Waals surface area (Å²) >= 11 is 0. The molecule has 3 atom stereocenters. The maximum Gasteiger partial charge on any atom is 0.246 e. The Hall–Kier alpha value is -2.33. The van der Waals surface area contributed by atoms with Crippen LogP contribution in [0.3, 0.4) is 0 Å². The number of hydrogen-bond donors (Lipinski definition) is 1. The van der Waals surface area contributed by atoms with Gasteiger partial charge < -0.3 is 9.84 Å². The van der Waals surface area contributed by atoms with Crippen molar-refractivity contribution in [2.24, 2.45) is 17.8 Å². The fourth-order valence-corrected chi connectivity index (χ4v) is 5.82. The number of carbonyl (C=O) groups is 1. The first-order valence-electron chi connectivity index (χ1n) is 10.0. The molecule has 0 radical (unpaired) electrons. The summed E-state index contributed by atoms with van der Waals surface area (Å²) in [7, 11) is -3.58. The van der Waals surface area contributed by atoms with Crippen LogP contribution in [0.25, 0.3) is 0 Å². The number of nitrogens with zero attached hydrogens (tertiary/aromatic N) is 4. The van der Waals surface area contributed by atoms with E-state index in [0.717, 1.165) is 31.5 Å². The Labute approximate surface area is 168 Å². The van der Waals surface area contributed by atoms with Gasteiger partial charge in [-0.05, 0) is 49.7 Å². The van der Waals surface area contributed by atoms with Gasteiger partial charge in [0.15, 0.2) is 5.82 Å². The van der Waals surface area contributed by atoms with Crippen molar-refractivity contribution in [3.8, 4) is 0 Å². The molecule has 5 rings (SSSR count). The van der Waals surface area contributed by atoms with Gasteiger partial charge in [-0.15, -0.1) is 0 Å².